The van der Waals surface area contributed by atoms with Gasteiger partial charge >= 0.3 is 0 Å². The highest BCUT2D eigenvalue weighted by Gasteiger charge is 2.35. The van der Waals surface area contributed by atoms with Crippen molar-refractivity contribution in [3.05, 3.63) is 0 Å². The van der Waals surface area contributed by atoms with Gasteiger partial charge in [-0.3, -0.25) is 4.79 Å². The molecule has 17 heavy (non-hydrogen) atoms. The topological polar surface area (TPSA) is 50.8 Å². The number of amides is 1. The molecule has 0 aliphatic carbocycles. The first-order valence-corrected chi connectivity index (χ1v) is 6.30. The molecule has 0 saturated carbocycles. The third-order valence-electron chi connectivity index (χ3n) is 3.45. The standard InChI is InChI=1S/C12H22N2O3/c1-8-6-14(7-9(2)17-8)12(15)11-4-10(16-3)5-13-11/h8-11,13H,4-7H2,1-3H3/t8-,9+,10?,11?. The van der Waals surface area contributed by atoms with Crippen LogP contribution in [-0.4, -0.2) is 61.9 Å². The average Bonchev–Trinajstić information content (AvgIpc) is 2.75. The van der Waals surface area contributed by atoms with Crippen LogP contribution in [0.1, 0.15) is 20.3 Å². The summed E-state index contributed by atoms with van der Waals surface area (Å²) in [5.41, 5.74) is 0. The van der Waals surface area contributed by atoms with Crippen LogP contribution in [0.15, 0.2) is 0 Å². The summed E-state index contributed by atoms with van der Waals surface area (Å²) in [7, 11) is 1.69. The summed E-state index contributed by atoms with van der Waals surface area (Å²) in [6.07, 6.45) is 1.19. The molecule has 2 saturated heterocycles. The summed E-state index contributed by atoms with van der Waals surface area (Å²) in [5.74, 6) is 0.187. The van der Waals surface area contributed by atoms with Crippen molar-refractivity contribution in [1.82, 2.24) is 10.2 Å². The fourth-order valence-electron chi connectivity index (χ4n) is 2.65. The van der Waals surface area contributed by atoms with E-state index in [4.69, 9.17) is 9.47 Å². The van der Waals surface area contributed by atoms with Crippen LogP contribution in [0, 0.1) is 0 Å². The minimum Gasteiger partial charge on any atom is -0.380 e. The van der Waals surface area contributed by atoms with Crippen LogP contribution in [0.3, 0.4) is 0 Å². The van der Waals surface area contributed by atoms with Gasteiger partial charge in [-0.05, 0) is 20.3 Å². The number of carbonyl (C=O) groups excluding carboxylic acids is 1. The Kier molecular flexibility index (Phi) is 4.01. The van der Waals surface area contributed by atoms with Crippen LogP contribution >= 0.6 is 0 Å². The molecule has 2 fully saturated rings. The molecular weight excluding hydrogens is 220 g/mol. The SMILES string of the molecule is COC1CNC(C(=O)N2C[C@@H](C)O[C@@H](C)C2)C1. The number of hydrogen-bond acceptors (Lipinski definition) is 4. The lowest BCUT2D eigenvalue weighted by Gasteiger charge is -2.36. The predicted octanol–water partition coefficient (Wildman–Crippen LogP) is -0.000900. The average molecular weight is 242 g/mol. The molecule has 2 rings (SSSR count). The summed E-state index contributed by atoms with van der Waals surface area (Å²) in [6, 6.07) is -0.0857. The van der Waals surface area contributed by atoms with Gasteiger partial charge in [-0.25, -0.2) is 0 Å². The molecule has 0 aromatic rings. The highest BCUT2D eigenvalue weighted by atomic mass is 16.5. The zero-order valence-corrected chi connectivity index (χ0v) is 10.8. The van der Waals surface area contributed by atoms with Gasteiger partial charge in [-0.15, -0.1) is 0 Å². The van der Waals surface area contributed by atoms with E-state index in [0.717, 1.165) is 13.0 Å². The molecule has 2 aliphatic rings. The Morgan fingerprint density at radius 3 is 2.53 bits per heavy atom. The Balaban J connectivity index is 1.91. The van der Waals surface area contributed by atoms with Crippen LogP contribution < -0.4 is 5.32 Å². The Hall–Kier alpha value is -0.650. The molecule has 0 bridgehead atoms. The summed E-state index contributed by atoms with van der Waals surface area (Å²) in [4.78, 5) is 14.2. The Morgan fingerprint density at radius 1 is 1.35 bits per heavy atom. The van der Waals surface area contributed by atoms with Crippen LogP contribution in [0.4, 0.5) is 0 Å². The van der Waals surface area contributed by atoms with Crippen molar-refractivity contribution in [3.63, 3.8) is 0 Å². The van der Waals surface area contributed by atoms with Gasteiger partial charge in [0.15, 0.2) is 0 Å². The quantitative estimate of drug-likeness (QED) is 0.740. The number of ether oxygens (including phenoxy) is 2. The van der Waals surface area contributed by atoms with Crippen molar-refractivity contribution in [2.75, 3.05) is 26.7 Å². The van der Waals surface area contributed by atoms with E-state index in [9.17, 15) is 4.79 Å². The maximum Gasteiger partial charge on any atom is 0.239 e. The first-order chi connectivity index (χ1) is 8.10. The summed E-state index contributed by atoms with van der Waals surface area (Å²) in [5, 5.41) is 3.23. The molecule has 4 atom stereocenters. The van der Waals surface area contributed by atoms with E-state index in [2.05, 4.69) is 5.32 Å². The maximum absolute atomic E-state index is 12.3. The van der Waals surface area contributed by atoms with Gasteiger partial charge in [0, 0.05) is 26.7 Å². The molecule has 0 aromatic carbocycles. The number of carbonyl (C=O) groups is 1. The van der Waals surface area contributed by atoms with Crippen LogP contribution in [-0.2, 0) is 14.3 Å². The Labute approximate surface area is 102 Å². The molecule has 2 unspecified atom stereocenters. The van der Waals surface area contributed by atoms with Crippen LogP contribution in [0.5, 0.6) is 0 Å². The second-order valence-corrected chi connectivity index (χ2v) is 5.05. The summed E-state index contributed by atoms with van der Waals surface area (Å²) >= 11 is 0. The fourth-order valence-corrected chi connectivity index (χ4v) is 2.65. The third kappa shape index (κ3) is 2.97. The number of morpholine rings is 1. The lowest BCUT2D eigenvalue weighted by Crippen LogP contribution is -2.53. The van der Waals surface area contributed by atoms with E-state index >= 15 is 0 Å². The highest BCUT2D eigenvalue weighted by molar-refractivity contribution is 5.82. The molecule has 0 spiro atoms. The lowest BCUT2D eigenvalue weighted by atomic mass is 10.1. The molecule has 0 radical (unpaired) electrons. The lowest BCUT2D eigenvalue weighted by molar-refractivity contribution is -0.145. The van der Waals surface area contributed by atoms with Gasteiger partial charge < -0.3 is 19.7 Å². The molecule has 1 amide bonds. The number of hydrogen-bond donors (Lipinski definition) is 1. The fraction of sp³-hybridized carbons (Fsp3) is 0.917. The second-order valence-electron chi connectivity index (χ2n) is 5.05. The van der Waals surface area contributed by atoms with Crippen molar-refractivity contribution in [3.8, 4) is 0 Å². The minimum atomic E-state index is -0.0857. The third-order valence-corrected chi connectivity index (χ3v) is 3.45. The van der Waals surface area contributed by atoms with Gasteiger partial charge in [-0.2, -0.15) is 0 Å². The molecule has 0 aromatic heterocycles. The van der Waals surface area contributed by atoms with Crippen molar-refractivity contribution in [1.29, 1.82) is 0 Å². The molecule has 98 valence electrons. The normalized spacial score (nSPS) is 38.4. The van der Waals surface area contributed by atoms with Gasteiger partial charge in [0.05, 0.1) is 24.4 Å². The van der Waals surface area contributed by atoms with E-state index in [-0.39, 0.29) is 30.3 Å². The van der Waals surface area contributed by atoms with Crippen LogP contribution in [0.2, 0.25) is 0 Å². The summed E-state index contributed by atoms with van der Waals surface area (Å²) in [6.45, 7) is 6.17. The number of rotatable bonds is 2. The van der Waals surface area contributed by atoms with E-state index in [1.807, 2.05) is 18.7 Å². The van der Waals surface area contributed by atoms with Crippen molar-refractivity contribution >= 4 is 5.91 Å². The van der Waals surface area contributed by atoms with E-state index in [1.54, 1.807) is 7.11 Å². The molecule has 2 heterocycles. The molecule has 1 N–H and O–H groups in total. The first kappa shape index (κ1) is 12.8. The van der Waals surface area contributed by atoms with Gasteiger partial charge in [-0.1, -0.05) is 0 Å². The van der Waals surface area contributed by atoms with E-state index in [0.29, 0.717) is 13.1 Å². The monoisotopic (exact) mass is 242 g/mol. The highest BCUT2D eigenvalue weighted by Crippen LogP contribution is 2.16. The van der Waals surface area contributed by atoms with Gasteiger partial charge in [0.2, 0.25) is 5.91 Å². The number of nitrogens with one attached hydrogen (secondary N) is 1. The van der Waals surface area contributed by atoms with Crippen molar-refractivity contribution in [2.45, 2.75) is 44.6 Å². The zero-order valence-electron chi connectivity index (χ0n) is 10.8. The summed E-state index contributed by atoms with van der Waals surface area (Å²) < 4.78 is 10.9. The zero-order chi connectivity index (χ0) is 12.4. The Morgan fingerprint density at radius 2 is 2.00 bits per heavy atom. The largest absolute Gasteiger partial charge is 0.380 e. The first-order valence-electron chi connectivity index (χ1n) is 6.30. The minimum absolute atomic E-state index is 0.0857. The number of methoxy groups -OCH3 is 1. The van der Waals surface area contributed by atoms with Crippen molar-refractivity contribution in [2.24, 2.45) is 0 Å². The van der Waals surface area contributed by atoms with E-state index in [1.165, 1.54) is 0 Å². The maximum atomic E-state index is 12.3. The van der Waals surface area contributed by atoms with Crippen molar-refractivity contribution < 1.29 is 14.3 Å². The molecule has 5 nitrogen and oxygen atoms in total. The van der Waals surface area contributed by atoms with Gasteiger partial charge in [0.1, 0.15) is 0 Å². The van der Waals surface area contributed by atoms with Gasteiger partial charge in [0.25, 0.3) is 0 Å². The molecule has 5 heteroatoms. The smallest absolute Gasteiger partial charge is 0.239 e. The predicted molar refractivity (Wildman–Crippen MR) is 63.8 cm³/mol. The molecule has 2 aliphatic heterocycles. The second kappa shape index (κ2) is 5.33. The Bertz CT molecular complexity index is 275. The van der Waals surface area contributed by atoms with Crippen LogP contribution in [0.25, 0.3) is 0 Å². The van der Waals surface area contributed by atoms with E-state index < -0.39 is 0 Å². The number of nitrogens with zero attached hydrogens (tertiary/aromatic N) is 1. The molecular formula is C12H22N2O3.